The largest absolute Gasteiger partial charge is 0.494 e. The summed E-state index contributed by atoms with van der Waals surface area (Å²) >= 11 is 0. The van der Waals surface area contributed by atoms with Gasteiger partial charge in [0.05, 0.1) is 24.6 Å². The average Bonchev–Trinajstić information content (AvgIpc) is 2.72. The van der Waals surface area contributed by atoms with Gasteiger partial charge in [-0.25, -0.2) is 0 Å². The molecule has 2 rings (SSSR count). The monoisotopic (exact) mass is 232 g/mol. The highest BCUT2D eigenvalue weighted by Gasteiger charge is 2.09. The van der Waals surface area contributed by atoms with Crippen LogP contribution in [0.1, 0.15) is 18.2 Å². The first-order valence-corrected chi connectivity index (χ1v) is 5.64. The van der Waals surface area contributed by atoms with Crippen LogP contribution in [0.3, 0.4) is 0 Å². The van der Waals surface area contributed by atoms with Gasteiger partial charge < -0.3 is 9.84 Å². The van der Waals surface area contributed by atoms with E-state index in [1.165, 1.54) is 0 Å². The fraction of sp³-hybridized carbons (Fsp3) is 0.308. The molecular weight excluding hydrogens is 216 g/mol. The second kappa shape index (κ2) is 5.01. The lowest BCUT2D eigenvalue weighted by atomic mass is 10.1. The van der Waals surface area contributed by atoms with Crippen molar-refractivity contribution in [2.45, 2.75) is 20.5 Å². The van der Waals surface area contributed by atoms with Crippen LogP contribution in [0.2, 0.25) is 0 Å². The summed E-state index contributed by atoms with van der Waals surface area (Å²) in [6.45, 7) is 4.55. The Morgan fingerprint density at radius 2 is 2.00 bits per heavy atom. The van der Waals surface area contributed by atoms with E-state index in [1.54, 1.807) is 0 Å². The molecule has 0 saturated carbocycles. The number of H-pyrrole nitrogens is 1. The molecule has 0 atom stereocenters. The summed E-state index contributed by atoms with van der Waals surface area (Å²) in [4.78, 5) is 0. The van der Waals surface area contributed by atoms with Crippen LogP contribution in [0.25, 0.3) is 11.3 Å². The van der Waals surface area contributed by atoms with Crippen molar-refractivity contribution in [1.82, 2.24) is 10.2 Å². The standard InChI is InChI=1S/C13H16N2O2/c1-3-17-11-6-4-10(5-7-11)13-9(2)12(8-16)14-15-13/h4-7,16H,3,8H2,1-2H3,(H,14,15). The minimum absolute atomic E-state index is 0.0180. The maximum absolute atomic E-state index is 9.10. The summed E-state index contributed by atoms with van der Waals surface area (Å²) in [7, 11) is 0. The first-order chi connectivity index (χ1) is 8.26. The molecule has 2 N–H and O–H groups in total. The van der Waals surface area contributed by atoms with Gasteiger partial charge in [0.1, 0.15) is 5.75 Å². The van der Waals surface area contributed by atoms with E-state index in [1.807, 2.05) is 38.1 Å². The molecular formula is C13H16N2O2. The Morgan fingerprint density at radius 3 is 2.53 bits per heavy atom. The van der Waals surface area contributed by atoms with Crippen molar-refractivity contribution < 1.29 is 9.84 Å². The number of aliphatic hydroxyl groups excluding tert-OH is 1. The molecule has 0 spiro atoms. The highest BCUT2D eigenvalue weighted by atomic mass is 16.5. The van der Waals surface area contributed by atoms with Gasteiger partial charge >= 0.3 is 0 Å². The smallest absolute Gasteiger partial charge is 0.119 e. The van der Waals surface area contributed by atoms with Gasteiger partial charge in [-0.2, -0.15) is 5.10 Å². The van der Waals surface area contributed by atoms with E-state index in [-0.39, 0.29) is 6.61 Å². The van der Waals surface area contributed by atoms with Crippen LogP contribution in [0.5, 0.6) is 5.75 Å². The molecule has 0 radical (unpaired) electrons. The Balaban J connectivity index is 2.30. The number of nitrogens with zero attached hydrogens (tertiary/aromatic N) is 1. The summed E-state index contributed by atoms with van der Waals surface area (Å²) in [6, 6.07) is 7.78. The number of rotatable bonds is 4. The van der Waals surface area contributed by atoms with Crippen LogP contribution in [-0.4, -0.2) is 21.9 Å². The number of aromatic nitrogens is 2. The molecule has 4 nitrogen and oxygen atoms in total. The lowest BCUT2D eigenvalue weighted by Gasteiger charge is -2.04. The topological polar surface area (TPSA) is 58.1 Å². The molecule has 0 aliphatic rings. The molecule has 0 aliphatic heterocycles. The second-order valence-corrected chi connectivity index (χ2v) is 3.79. The number of nitrogens with one attached hydrogen (secondary N) is 1. The highest BCUT2D eigenvalue weighted by Crippen LogP contribution is 2.25. The van der Waals surface area contributed by atoms with Crippen molar-refractivity contribution in [3.05, 3.63) is 35.5 Å². The predicted molar refractivity (Wildman–Crippen MR) is 65.9 cm³/mol. The van der Waals surface area contributed by atoms with E-state index in [9.17, 15) is 0 Å². The van der Waals surface area contributed by atoms with E-state index >= 15 is 0 Å². The zero-order valence-electron chi connectivity index (χ0n) is 10.0. The van der Waals surface area contributed by atoms with Crippen molar-refractivity contribution in [2.75, 3.05) is 6.61 Å². The second-order valence-electron chi connectivity index (χ2n) is 3.79. The number of ether oxygens (including phenoxy) is 1. The van der Waals surface area contributed by atoms with Gasteiger partial charge in [0, 0.05) is 11.1 Å². The third kappa shape index (κ3) is 2.31. The number of aliphatic hydroxyl groups is 1. The molecule has 0 amide bonds. The van der Waals surface area contributed by atoms with Crippen LogP contribution in [0.4, 0.5) is 0 Å². The van der Waals surface area contributed by atoms with Gasteiger partial charge in [0.2, 0.25) is 0 Å². The van der Waals surface area contributed by atoms with E-state index < -0.39 is 0 Å². The summed E-state index contributed by atoms with van der Waals surface area (Å²) in [5.74, 6) is 0.854. The zero-order valence-corrected chi connectivity index (χ0v) is 10.0. The number of benzene rings is 1. The van der Waals surface area contributed by atoms with Crippen LogP contribution >= 0.6 is 0 Å². The maximum Gasteiger partial charge on any atom is 0.119 e. The summed E-state index contributed by atoms with van der Waals surface area (Å²) < 4.78 is 5.39. The Morgan fingerprint density at radius 1 is 1.29 bits per heavy atom. The molecule has 0 aliphatic carbocycles. The van der Waals surface area contributed by atoms with E-state index in [0.717, 1.165) is 28.3 Å². The SMILES string of the molecule is CCOc1ccc(-c2n[nH]c(CO)c2C)cc1. The predicted octanol–water partition coefficient (Wildman–Crippen LogP) is 2.28. The molecule has 17 heavy (non-hydrogen) atoms. The normalized spacial score (nSPS) is 10.5. The molecule has 1 heterocycles. The molecule has 1 aromatic carbocycles. The van der Waals surface area contributed by atoms with Crippen molar-refractivity contribution in [3.63, 3.8) is 0 Å². The first-order valence-electron chi connectivity index (χ1n) is 5.64. The van der Waals surface area contributed by atoms with Gasteiger partial charge in [-0.3, -0.25) is 5.10 Å². The molecule has 4 heteroatoms. The van der Waals surface area contributed by atoms with Crippen LogP contribution in [0, 0.1) is 6.92 Å². The molecule has 90 valence electrons. The number of aromatic amines is 1. The van der Waals surface area contributed by atoms with E-state index in [4.69, 9.17) is 9.84 Å². The van der Waals surface area contributed by atoms with Gasteiger partial charge in [-0.15, -0.1) is 0 Å². The Labute approximate surface area is 100 Å². The van der Waals surface area contributed by atoms with Crippen LogP contribution < -0.4 is 4.74 Å². The van der Waals surface area contributed by atoms with Gasteiger partial charge in [0.15, 0.2) is 0 Å². The lowest BCUT2D eigenvalue weighted by molar-refractivity contribution is 0.276. The van der Waals surface area contributed by atoms with Crippen molar-refractivity contribution in [1.29, 1.82) is 0 Å². The quantitative estimate of drug-likeness (QED) is 0.850. The molecule has 0 bridgehead atoms. The number of hydrogen-bond donors (Lipinski definition) is 2. The summed E-state index contributed by atoms with van der Waals surface area (Å²) in [5.41, 5.74) is 3.63. The van der Waals surface area contributed by atoms with Gasteiger partial charge in [-0.05, 0) is 38.1 Å². The summed E-state index contributed by atoms with van der Waals surface area (Å²) in [6.07, 6.45) is 0. The third-order valence-corrected chi connectivity index (χ3v) is 2.71. The third-order valence-electron chi connectivity index (χ3n) is 2.71. The molecule has 0 unspecified atom stereocenters. The zero-order chi connectivity index (χ0) is 12.3. The first kappa shape index (κ1) is 11.7. The minimum atomic E-state index is -0.0180. The molecule has 1 aromatic heterocycles. The van der Waals surface area contributed by atoms with Gasteiger partial charge in [0.25, 0.3) is 0 Å². The molecule has 0 saturated heterocycles. The maximum atomic E-state index is 9.10. The summed E-state index contributed by atoms with van der Waals surface area (Å²) in [5, 5.41) is 16.1. The lowest BCUT2D eigenvalue weighted by Crippen LogP contribution is -1.91. The van der Waals surface area contributed by atoms with Crippen molar-refractivity contribution in [2.24, 2.45) is 0 Å². The number of hydrogen-bond acceptors (Lipinski definition) is 3. The Bertz CT molecular complexity index is 489. The van der Waals surface area contributed by atoms with Crippen molar-refractivity contribution >= 4 is 0 Å². The molecule has 0 fully saturated rings. The average molecular weight is 232 g/mol. The van der Waals surface area contributed by atoms with E-state index in [0.29, 0.717) is 6.61 Å². The van der Waals surface area contributed by atoms with E-state index in [2.05, 4.69) is 10.2 Å². The highest BCUT2D eigenvalue weighted by molar-refractivity contribution is 5.64. The Hall–Kier alpha value is -1.81. The van der Waals surface area contributed by atoms with Crippen LogP contribution in [0.15, 0.2) is 24.3 Å². The Kier molecular flexibility index (Phi) is 3.44. The van der Waals surface area contributed by atoms with Gasteiger partial charge in [-0.1, -0.05) is 0 Å². The van der Waals surface area contributed by atoms with Crippen molar-refractivity contribution in [3.8, 4) is 17.0 Å². The fourth-order valence-electron chi connectivity index (χ4n) is 1.74. The van der Waals surface area contributed by atoms with Crippen LogP contribution in [-0.2, 0) is 6.61 Å². The molecule has 2 aromatic rings. The fourth-order valence-corrected chi connectivity index (χ4v) is 1.74. The minimum Gasteiger partial charge on any atom is -0.494 e.